The van der Waals surface area contributed by atoms with Crippen LogP contribution in [0.1, 0.15) is 17.5 Å². The van der Waals surface area contributed by atoms with Gasteiger partial charge in [-0.3, -0.25) is 9.69 Å². The van der Waals surface area contributed by atoms with Gasteiger partial charge in [0, 0.05) is 57.3 Å². The van der Waals surface area contributed by atoms with Crippen molar-refractivity contribution in [3.05, 3.63) is 76.8 Å². The number of hydrogen-bond donors (Lipinski definition) is 1. The lowest BCUT2D eigenvalue weighted by molar-refractivity contribution is -0.121. The van der Waals surface area contributed by atoms with Crippen LogP contribution in [0.2, 0.25) is 5.02 Å². The monoisotopic (exact) mass is 397 g/mol. The molecule has 1 aliphatic heterocycles. The standard InChI is InChI=1S/C23H28ClN3O/c24-22-10-8-21(9-11-22)19-25-23(28)12-14-27-17-15-26(16-18-27)13-4-7-20-5-2-1-3-6-20/h1-11H,12-19H2,(H,25,28)/b7-4+. The average Bonchev–Trinajstić information content (AvgIpc) is 2.73. The number of nitrogens with one attached hydrogen (secondary N) is 1. The van der Waals surface area contributed by atoms with E-state index >= 15 is 0 Å². The predicted octanol–water partition coefficient (Wildman–Crippen LogP) is 3.68. The molecule has 0 radical (unpaired) electrons. The third-order valence-electron chi connectivity index (χ3n) is 5.00. The van der Waals surface area contributed by atoms with Crippen molar-refractivity contribution >= 4 is 23.6 Å². The molecule has 3 rings (SSSR count). The first-order chi connectivity index (χ1) is 13.7. The van der Waals surface area contributed by atoms with Crippen molar-refractivity contribution in [1.29, 1.82) is 0 Å². The molecule has 28 heavy (non-hydrogen) atoms. The van der Waals surface area contributed by atoms with Gasteiger partial charge in [-0.25, -0.2) is 0 Å². The van der Waals surface area contributed by atoms with Crippen LogP contribution in [-0.4, -0.2) is 55.0 Å². The van der Waals surface area contributed by atoms with Gasteiger partial charge in [-0.05, 0) is 23.3 Å². The van der Waals surface area contributed by atoms with Gasteiger partial charge < -0.3 is 10.2 Å². The third kappa shape index (κ3) is 7.12. The highest BCUT2D eigenvalue weighted by Gasteiger charge is 2.16. The fourth-order valence-electron chi connectivity index (χ4n) is 3.25. The highest BCUT2D eigenvalue weighted by molar-refractivity contribution is 6.30. The van der Waals surface area contributed by atoms with Crippen molar-refractivity contribution in [2.45, 2.75) is 13.0 Å². The van der Waals surface area contributed by atoms with Crippen molar-refractivity contribution in [3.63, 3.8) is 0 Å². The Balaban J connectivity index is 1.29. The Bertz CT molecular complexity index is 753. The van der Waals surface area contributed by atoms with Crippen LogP contribution in [0, 0.1) is 0 Å². The third-order valence-corrected chi connectivity index (χ3v) is 5.25. The molecule has 1 saturated heterocycles. The van der Waals surface area contributed by atoms with E-state index in [9.17, 15) is 4.79 Å². The lowest BCUT2D eigenvalue weighted by Gasteiger charge is -2.34. The number of hydrogen-bond acceptors (Lipinski definition) is 3. The predicted molar refractivity (Wildman–Crippen MR) is 116 cm³/mol. The van der Waals surface area contributed by atoms with E-state index in [2.05, 4.69) is 51.5 Å². The Morgan fingerprint density at radius 1 is 0.964 bits per heavy atom. The van der Waals surface area contributed by atoms with Gasteiger partial charge in [0.25, 0.3) is 0 Å². The summed E-state index contributed by atoms with van der Waals surface area (Å²) in [7, 11) is 0. The summed E-state index contributed by atoms with van der Waals surface area (Å²) in [4.78, 5) is 16.9. The Morgan fingerprint density at radius 3 is 2.36 bits per heavy atom. The minimum atomic E-state index is 0.100. The van der Waals surface area contributed by atoms with Crippen molar-refractivity contribution in [1.82, 2.24) is 15.1 Å². The number of carbonyl (C=O) groups is 1. The van der Waals surface area contributed by atoms with E-state index in [1.54, 1.807) is 0 Å². The molecule has 0 aromatic heterocycles. The van der Waals surface area contributed by atoms with Crippen LogP contribution in [0.25, 0.3) is 6.08 Å². The zero-order valence-corrected chi connectivity index (χ0v) is 16.9. The largest absolute Gasteiger partial charge is 0.352 e. The van der Waals surface area contributed by atoms with E-state index in [1.165, 1.54) is 5.56 Å². The molecule has 1 fully saturated rings. The Hall–Kier alpha value is -2.14. The van der Waals surface area contributed by atoms with Gasteiger partial charge >= 0.3 is 0 Å². The summed E-state index contributed by atoms with van der Waals surface area (Å²) in [5.74, 6) is 0.100. The van der Waals surface area contributed by atoms with Gasteiger partial charge in [-0.1, -0.05) is 66.2 Å². The van der Waals surface area contributed by atoms with Gasteiger partial charge in [0.2, 0.25) is 5.91 Å². The van der Waals surface area contributed by atoms with Crippen LogP contribution < -0.4 is 5.32 Å². The molecule has 1 aliphatic rings. The van der Waals surface area contributed by atoms with E-state index in [0.29, 0.717) is 18.0 Å². The van der Waals surface area contributed by atoms with Gasteiger partial charge in [0.15, 0.2) is 0 Å². The van der Waals surface area contributed by atoms with E-state index < -0.39 is 0 Å². The molecule has 0 atom stereocenters. The number of halogens is 1. The smallest absolute Gasteiger partial charge is 0.221 e. The summed E-state index contributed by atoms with van der Waals surface area (Å²) in [6.45, 7) is 6.48. The summed E-state index contributed by atoms with van der Waals surface area (Å²) >= 11 is 5.88. The first-order valence-corrected chi connectivity index (χ1v) is 10.2. The molecule has 0 aliphatic carbocycles. The lowest BCUT2D eigenvalue weighted by atomic mass is 10.2. The van der Waals surface area contributed by atoms with Crippen molar-refractivity contribution < 1.29 is 4.79 Å². The number of amides is 1. The summed E-state index contributed by atoms with van der Waals surface area (Å²) in [6, 6.07) is 18.0. The van der Waals surface area contributed by atoms with Crippen LogP contribution in [0.5, 0.6) is 0 Å². The molecule has 4 nitrogen and oxygen atoms in total. The summed E-state index contributed by atoms with van der Waals surface area (Å²) in [6.07, 6.45) is 4.95. The van der Waals surface area contributed by atoms with Gasteiger partial charge in [0.05, 0.1) is 0 Å². The topological polar surface area (TPSA) is 35.6 Å². The number of rotatable bonds is 8. The van der Waals surface area contributed by atoms with E-state index in [-0.39, 0.29) is 5.91 Å². The van der Waals surface area contributed by atoms with E-state index in [1.807, 2.05) is 30.3 Å². The number of carbonyl (C=O) groups excluding carboxylic acids is 1. The lowest BCUT2D eigenvalue weighted by Crippen LogP contribution is -2.47. The van der Waals surface area contributed by atoms with Crippen molar-refractivity contribution in [3.8, 4) is 0 Å². The van der Waals surface area contributed by atoms with E-state index in [0.717, 1.165) is 44.8 Å². The van der Waals surface area contributed by atoms with Crippen LogP contribution in [0.4, 0.5) is 0 Å². The molecule has 1 heterocycles. The molecule has 2 aromatic rings. The molecule has 1 amide bonds. The minimum Gasteiger partial charge on any atom is -0.352 e. The van der Waals surface area contributed by atoms with Crippen LogP contribution in [-0.2, 0) is 11.3 Å². The van der Waals surface area contributed by atoms with Crippen molar-refractivity contribution in [2.24, 2.45) is 0 Å². The summed E-state index contributed by atoms with van der Waals surface area (Å²) in [5.41, 5.74) is 2.31. The maximum Gasteiger partial charge on any atom is 0.221 e. The molecule has 0 spiro atoms. The van der Waals surface area contributed by atoms with Crippen LogP contribution in [0.15, 0.2) is 60.7 Å². The first kappa shape index (κ1) is 20.6. The highest BCUT2D eigenvalue weighted by Crippen LogP contribution is 2.09. The maximum absolute atomic E-state index is 12.1. The minimum absolute atomic E-state index is 0.100. The van der Waals surface area contributed by atoms with Gasteiger partial charge in [0.1, 0.15) is 0 Å². The molecule has 148 valence electrons. The highest BCUT2D eigenvalue weighted by atomic mass is 35.5. The maximum atomic E-state index is 12.1. The van der Waals surface area contributed by atoms with Crippen molar-refractivity contribution in [2.75, 3.05) is 39.3 Å². The average molecular weight is 398 g/mol. The fraction of sp³-hybridized carbons (Fsp3) is 0.348. The molecular weight excluding hydrogens is 370 g/mol. The Labute approximate surface area is 172 Å². The molecule has 5 heteroatoms. The summed E-state index contributed by atoms with van der Waals surface area (Å²) in [5, 5.41) is 3.69. The second-order valence-electron chi connectivity index (χ2n) is 7.11. The molecular formula is C23H28ClN3O. The number of nitrogens with zero attached hydrogens (tertiary/aromatic N) is 2. The number of benzene rings is 2. The van der Waals surface area contributed by atoms with E-state index in [4.69, 9.17) is 11.6 Å². The Kier molecular flexibility index (Phi) is 8.09. The molecule has 0 bridgehead atoms. The SMILES string of the molecule is O=C(CCN1CCN(C/C=C/c2ccccc2)CC1)NCc1ccc(Cl)cc1. The summed E-state index contributed by atoms with van der Waals surface area (Å²) < 4.78 is 0. The van der Waals surface area contributed by atoms with Crippen LogP contribution in [0.3, 0.4) is 0 Å². The molecule has 0 saturated carbocycles. The Morgan fingerprint density at radius 2 is 1.64 bits per heavy atom. The number of piperazine rings is 1. The molecule has 2 aromatic carbocycles. The molecule has 1 N–H and O–H groups in total. The van der Waals surface area contributed by atoms with Crippen LogP contribution >= 0.6 is 11.6 Å². The van der Waals surface area contributed by atoms with Gasteiger partial charge in [-0.2, -0.15) is 0 Å². The first-order valence-electron chi connectivity index (χ1n) is 9.86. The zero-order chi connectivity index (χ0) is 19.6. The second-order valence-corrected chi connectivity index (χ2v) is 7.54. The normalized spacial score (nSPS) is 15.8. The second kappa shape index (κ2) is 11.0. The van der Waals surface area contributed by atoms with Gasteiger partial charge in [-0.15, -0.1) is 0 Å². The zero-order valence-electron chi connectivity index (χ0n) is 16.2. The molecule has 0 unspecified atom stereocenters. The fourth-order valence-corrected chi connectivity index (χ4v) is 3.37. The quantitative estimate of drug-likeness (QED) is 0.738.